The number of hydrogen-bond donors (Lipinski definition) is 1. The van der Waals surface area contributed by atoms with E-state index in [4.69, 9.17) is 4.98 Å². The molecule has 0 unspecified atom stereocenters. The Bertz CT molecular complexity index is 717. The van der Waals surface area contributed by atoms with Crippen LogP contribution in [0.5, 0.6) is 0 Å². The summed E-state index contributed by atoms with van der Waals surface area (Å²) < 4.78 is 0. The molecule has 1 N–H and O–H groups in total. The molecule has 0 aliphatic heterocycles. The van der Waals surface area contributed by atoms with Crippen molar-refractivity contribution in [3.05, 3.63) is 76.1 Å². The van der Waals surface area contributed by atoms with E-state index < -0.39 is 0 Å². The van der Waals surface area contributed by atoms with E-state index in [0.29, 0.717) is 0 Å². The lowest BCUT2D eigenvalue weighted by molar-refractivity contribution is 0.788. The first-order chi connectivity index (χ1) is 11.3. The summed E-state index contributed by atoms with van der Waals surface area (Å²) in [6.45, 7) is 0.978. The van der Waals surface area contributed by atoms with Crippen molar-refractivity contribution in [3.63, 3.8) is 0 Å². The second-order valence-electron chi connectivity index (χ2n) is 5.66. The van der Waals surface area contributed by atoms with Crippen molar-refractivity contribution >= 4 is 11.3 Å². The molecular formula is C20H22N2S. The van der Waals surface area contributed by atoms with Crippen LogP contribution in [0.25, 0.3) is 11.3 Å². The number of nitrogens with one attached hydrogen (secondary N) is 1. The van der Waals surface area contributed by atoms with Gasteiger partial charge in [-0.05, 0) is 31.0 Å². The fraction of sp³-hybridized carbons (Fsp3) is 0.250. The minimum Gasteiger partial charge on any atom is -0.319 e. The molecular weight excluding hydrogens is 300 g/mol. The Kier molecular flexibility index (Phi) is 5.56. The van der Waals surface area contributed by atoms with Crippen LogP contribution in [-0.4, -0.2) is 18.6 Å². The van der Waals surface area contributed by atoms with Crippen molar-refractivity contribution in [1.29, 1.82) is 0 Å². The van der Waals surface area contributed by atoms with E-state index in [1.54, 1.807) is 11.3 Å². The molecule has 0 amide bonds. The molecule has 2 aromatic carbocycles. The van der Waals surface area contributed by atoms with Crippen LogP contribution in [0.1, 0.15) is 16.1 Å². The van der Waals surface area contributed by atoms with Gasteiger partial charge in [0.1, 0.15) is 0 Å². The van der Waals surface area contributed by atoms with Crippen LogP contribution in [0, 0.1) is 0 Å². The van der Waals surface area contributed by atoms with E-state index in [1.807, 2.05) is 7.05 Å². The van der Waals surface area contributed by atoms with E-state index >= 15 is 0 Å². The third-order valence-electron chi connectivity index (χ3n) is 3.94. The van der Waals surface area contributed by atoms with Gasteiger partial charge in [0.05, 0.1) is 10.7 Å². The van der Waals surface area contributed by atoms with Crippen molar-refractivity contribution in [1.82, 2.24) is 10.3 Å². The van der Waals surface area contributed by atoms with Gasteiger partial charge >= 0.3 is 0 Å². The second kappa shape index (κ2) is 8.04. The minimum absolute atomic E-state index is 0.978. The van der Waals surface area contributed by atoms with E-state index in [0.717, 1.165) is 31.5 Å². The molecule has 3 rings (SSSR count). The highest BCUT2D eigenvalue weighted by molar-refractivity contribution is 7.09. The predicted octanol–water partition coefficient (Wildman–Crippen LogP) is 4.36. The second-order valence-corrected chi connectivity index (χ2v) is 6.61. The van der Waals surface area contributed by atoms with Crippen molar-refractivity contribution < 1.29 is 0 Å². The molecule has 0 saturated carbocycles. The summed E-state index contributed by atoms with van der Waals surface area (Å²) in [5.41, 5.74) is 5.07. The average Bonchev–Trinajstić information content (AvgIpc) is 3.08. The molecule has 0 radical (unpaired) electrons. The Morgan fingerprint density at radius 1 is 0.870 bits per heavy atom. The zero-order chi connectivity index (χ0) is 15.9. The number of likely N-dealkylation sites (N-methyl/N-ethyl adjacent to an activating group) is 1. The monoisotopic (exact) mass is 322 g/mol. The summed E-state index contributed by atoms with van der Waals surface area (Å²) >= 11 is 1.74. The Morgan fingerprint density at radius 2 is 1.57 bits per heavy atom. The average molecular weight is 322 g/mol. The summed E-state index contributed by atoms with van der Waals surface area (Å²) in [5.74, 6) is 0. The zero-order valence-corrected chi connectivity index (χ0v) is 14.3. The molecule has 118 valence electrons. The Labute approximate surface area is 142 Å². The van der Waals surface area contributed by atoms with Crippen LogP contribution < -0.4 is 5.32 Å². The lowest BCUT2D eigenvalue weighted by atomic mass is 10.0. The number of thiazole rings is 1. The normalized spacial score (nSPS) is 10.8. The number of hydrogen-bond acceptors (Lipinski definition) is 3. The lowest BCUT2D eigenvalue weighted by Gasteiger charge is -2.03. The highest BCUT2D eigenvalue weighted by Crippen LogP contribution is 2.23. The molecule has 2 nitrogen and oxygen atoms in total. The number of aryl methyl sites for hydroxylation is 2. The zero-order valence-electron chi connectivity index (χ0n) is 13.5. The molecule has 3 heteroatoms. The molecule has 1 aromatic heterocycles. The van der Waals surface area contributed by atoms with Gasteiger partial charge in [0, 0.05) is 23.9 Å². The van der Waals surface area contributed by atoms with Gasteiger partial charge in [-0.1, -0.05) is 54.6 Å². The van der Waals surface area contributed by atoms with Crippen molar-refractivity contribution in [3.8, 4) is 11.3 Å². The molecule has 0 aliphatic carbocycles. The van der Waals surface area contributed by atoms with Crippen molar-refractivity contribution in [2.75, 3.05) is 13.6 Å². The van der Waals surface area contributed by atoms with Crippen molar-refractivity contribution in [2.45, 2.75) is 19.3 Å². The maximum absolute atomic E-state index is 4.72. The highest BCUT2D eigenvalue weighted by Gasteiger charge is 2.04. The van der Waals surface area contributed by atoms with Gasteiger partial charge in [0.25, 0.3) is 0 Å². The fourth-order valence-electron chi connectivity index (χ4n) is 2.57. The van der Waals surface area contributed by atoms with Gasteiger partial charge in [-0.2, -0.15) is 0 Å². The van der Waals surface area contributed by atoms with Crippen LogP contribution >= 0.6 is 11.3 Å². The standard InChI is InChI=1S/C20H22N2S/c1-21-14-13-20-22-19(15-23-20)18-11-9-17(10-12-18)8-7-16-5-3-2-4-6-16/h2-6,9-12,15,21H,7-8,13-14H2,1H3. The van der Waals surface area contributed by atoms with Gasteiger partial charge < -0.3 is 5.32 Å². The molecule has 0 spiro atoms. The first-order valence-corrected chi connectivity index (χ1v) is 8.95. The van der Waals surface area contributed by atoms with E-state index in [-0.39, 0.29) is 0 Å². The SMILES string of the molecule is CNCCc1nc(-c2ccc(CCc3ccccc3)cc2)cs1. The van der Waals surface area contributed by atoms with Crippen LogP contribution in [0.3, 0.4) is 0 Å². The summed E-state index contributed by atoms with van der Waals surface area (Å²) in [4.78, 5) is 4.72. The van der Waals surface area contributed by atoms with Gasteiger partial charge in [0.2, 0.25) is 0 Å². The van der Waals surface area contributed by atoms with Crippen LogP contribution in [0.15, 0.2) is 60.0 Å². The molecule has 0 aliphatic rings. The first kappa shape index (κ1) is 15.9. The largest absolute Gasteiger partial charge is 0.319 e. The number of nitrogens with zero attached hydrogens (tertiary/aromatic N) is 1. The summed E-state index contributed by atoms with van der Waals surface area (Å²) in [6.07, 6.45) is 3.16. The highest BCUT2D eigenvalue weighted by atomic mass is 32.1. The summed E-state index contributed by atoms with van der Waals surface area (Å²) in [7, 11) is 1.97. The Morgan fingerprint density at radius 3 is 2.26 bits per heavy atom. The smallest absolute Gasteiger partial charge is 0.0945 e. The summed E-state index contributed by atoms with van der Waals surface area (Å²) in [6, 6.07) is 19.5. The quantitative estimate of drug-likeness (QED) is 0.699. The van der Waals surface area contributed by atoms with Gasteiger partial charge in [-0.25, -0.2) is 4.98 Å². The molecule has 0 atom stereocenters. The predicted molar refractivity (Wildman–Crippen MR) is 99.0 cm³/mol. The first-order valence-electron chi connectivity index (χ1n) is 8.07. The molecule has 1 heterocycles. The van der Waals surface area contributed by atoms with Gasteiger partial charge in [-0.3, -0.25) is 0 Å². The third kappa shape index (κ3) is 4.50. The van der Waals surface area contributed by atoms with Crippen LogP contribution in [-0.2, 0) is 19.3 Å². The van der Waals surface area contributed by atoms with Crippen LogP contribution in [0.2, 0.25) is 0 Å². The molecule has 3 aromatic rings. The maximum Gasteiger partial charge on any atom is 0.0945 e. The third-order valence-corrected chi connectivity index (χ3v) is 4.84. The molecule has 0 fully saturated rings. The molecule has 0 saturated heterocycles. The lowest BCUT2D eigenvalue weighted by Crippen LogP contribution is -2.09. The number of benzene rings is 2. The molecule has 0 bridgehead atoms. The number of rotatable bonds is 7. The minimum atomic E-state index is 0.978. The van der Waals surface area contributed by atoms with Gasteiger partial charge in [-0.15, -0.1) is 11.3 Å². The van der Waals surface area contributed by atoms with E-state index in [9.17, 15) is 0 Å². The summed E-state index contributed by atoms with van der Waals surface area (Å²) in [5, 5.41) is 6.52. The van der Waals surface area contributed by atoms with E-state index in [2.05, 4.69) is 65.3 Å². The molecule has 23 heavy (non-hydrogen) atoms. The van der Waals surface area contributed by atoms with Gasteiger partial charge in [0.15, 0.2) is 0 Å². The topological polar surface area (TPSA) is 24.9 Å². The number of aromatic nitrogens is 1. The van der Waals surface area contributed by atoms with E-state index in [1.165, 1.54) is 21.7 Å². The Hall–Kier alpha value is -1.97. The maximum atomic E-state index is 4.72. The van der Waals surface area contributed by atoms with Crippen molar-refractivity contribution in [2.24, 2.45) is 0 Å². The fourth-order valence-corrected chi connectivity index (χ4v) is 3.37. The Balaban J connectivity index is 1.61. The van der Waals surface area contributed by atoms with Crippen LogP contribution in [0.4, 0.5) is 0 Å².